The van der Waals surface area contributed by atoms with E-state index in [4.69, 9.17) is 0 Å². The van der Waals surface area contributed by atoms with Crippen LogP contribution in [0.2, 0.25) is 0 Å². The summed E-state index contributed by atoms with van der Waals surface area (Å²) in [7, 11) is 0. The Labute approximate surface area is 72.9 Å². The molecule has 0 saturated carbocycles. The third-order valence-corrected chi connectivity index (χ3v) is 3.13. The van der Waals surface area contributed by atoms with E-state index in [1.807, 2.05) is 0 Å². The van der Waals surface area contributed by atoms with E-state index >= 15 is 0 Å². The molecule has 1 amide bonds. The summed E-state index contributed by atoms with van der Waals surface area (Å²) in [5, 5.41) is 6.49. The largest absolute Gasteiger partial charge is 0.354 e. The van der Waals surface area contributed by atoms with E-state index in [2.05, 4.69) is 10.6 Å². The van der Waals surface area contributed by atoms with Crippen molar-refractivity contribution in [2.45, 2.75) is 44.2 Å². The second-order valence-electron chi connectivity index (χ2n) is 4.11. The van der Waals surface area contributed by atoms with Crippen molar-refractivity contribution in [2.75, 3.05) is 6.54 Å². The Morgan fingerprint density at radius 2 is 2.25 bits per heavy atom. The average Bonchev–Trinajstić information content (AvgIpc) is 2.60. The molecule has 0 spiro atoms. The summed E-state index contributed by atoms with van der Waals surface area (Å²) in [5.74, 6) is 0.0847. The number of fused-ring (bicyclic) bond motifs is 2. The zero-order valence-electron chi connectivity index (χ0n) is 7.52. The van der Waals surface area contributed by atoms with Crippen LogP contribution in [0.25, 0.3) is 0 Å². The fourth-order valence-electron chi connectivity index (χ4n) is 2.41. The summed E-state index contributed by atoms with van der Waals surface area (Å²) in [6.45, 7) is 2.40. The Morgan fingerprint density at radius 3 is 2.67 bits per heavy atom. The van der Waals surface area contributed by atoms with Crippen molar-refractivity contribution in [1.82, 2.24) is 10.6 Å². The SMILES string of the molecule is CC(=O)NCC12CCC(CC1)N2. The molecule has 2 N–H and O–H groups in total. The van der Waals surface area contributed by atoms with E-state index < -0.39 is 0 Å². The van der Waals surface area contributed by atoms with Crippen molar-refractivity contribution >= 4 is 5.91 Å². The Bertz CT molecular complexity index is 195. The number of nitrogens with one attached hydrogen (secondary N) is 2. The Morgan fingerprint density at radius 1 is 1.58 bits per heavy atom. The lowest BCUT2D eigenvalue weighted by Crippen LogP contribution is -2.46. The van der Waals surface area contributed by atoms with E-state index in [9.17, 15) is 4.79 Å². The van der Waals surface area contributed by atoms with Crippen molar-refractivity contribution in [3.05, 3.63) is 0 Å². The van der Waals surface area contributed by atoms with E-state index in [-0.39, 0.29) is 11.4 Å². The number of hydrogen-bond donors (Lipinski definition) is 2. The topological polar surface area (TPSA) is 41.1 Å². The Hall–Kier alpha value is -0.570. The molecule has 68 valence electrons. The smallest absolute Gasteiger partial charge is 0.216 e. The molecule has 2 saturated heterocycles. The number of carbonyl (C=O) groups is 1. The minimum absolute atomic E-state index is 0.0847. The second kappa shape index (κ2) is 2.73. The molecule has 0 unspecified atom stereocenters. The van der Waals surface area contributed by atoms with Crippen LogP contribution in [0.15, 0.2) is 0 Å². The van der Waals surface area contributed by atoms with Crippen LogP contribution in [-0.4, -0.2) is 24.0 Å². The predicted octanol–water partition coefficient (Wildman–Crippen LogP) is 0.407. The Kier molecular flexibility index (Phi) is 1.83. The van der Waals surface area contributed by atoms with E-state index in [0.717, 1.165) is 12.6 Å². The second-order valence-corrected chi connectivity index (χ2v) is 4.11. The van der Waals surface area contributed by atoms with Crippen molar-refractivity contribution in [3.63, 3.8) is 0 Å². The van der Waals surface area contributed by atoms with Gasteiger partial charge in [0, 0.05) is 25.0 Å². The molecule has 3 heteroatoms. The molecule has 2 aliphatic heterocycles. The van der Waals surface area contributed by atoms with Crippen LogP contribution in [0.3, 0.4) is 0 Å². The maximum Gasteiger partial charge on any atom is 0.216 e. The summed E-state index contributed by atoms with van der Waals surface area (Å²) in [4.78, 5) is 10.7. The van der Waals surface area contributed by atoms with Crippen molar-refractivity contribution < 1.29 is 4.79 Å². The van der Waals surface area contributed by atoms with E-state index in [1.165, 1.54) is 25.7 Å². The first-order valence-corrected chi connectivity index (χ1v) is 4.72. The van der Waals surface area contributed by atoms with Gasteiger partial charge in [0.1, 0.15) is 0 Å². The molecule has 0 aromatic carbocycles. The third kappa shape index (κ3) is 1.33. The molecule has 0 atom stereocenters. The van der Waals surface area contributed by atoms with E-state index in [0.29, 0.717) is 0 Å². The van der Waals surface area contributed by atoms with Crippen LogP contribution in [0.4, 0.5) is 0 Å². The first kappa shape index (κ1) is 8.05. The minimum atomic E-state index is 0.0847. The van der Waals surface area contributed by atoms with Crippen molar-refractivity contribution in [2.24, 2.45) is 0 Å². The minimum Gasteiger partial charge on any atom is -0.354 e. The van der Waals surface area contributed by atoms with Gasteiger partial charge < -0.3 is 10.6 Å². The molecular weight excluding hydrogens is 152 g/mol. The number of amides is 1. The van der Waals surface area contributed by atoms with Gasteiger partial charge in [-0.1, -0.05) is 0 Å². The van der Waals surface area contributed by atoms with Crippen molar-refractivity contribution in [1.29, 1.82) is 0 Å². The number of hydrogen-bond acceptors (Lipinski definition) is 2. The fraction of sp³-hybridized carbons (Fsp3) is 0.889. The van der Waals surface area contributed by atoms with Crippen LogP contribution in [0.5, 0.6) is 0 Å². The lowest BCUT2D eigenvalue weighted by molar-refractivity contribution is -0.119. The maximum atomic E-state index is 10.7. The third-order valence-electron chi connectivity index (χ3n) is 3.13. The normalized spacial score (nSPS) is 38.6. The van der Waals surface area contributed by atoms with Gasteiger partial charge in [0.05, 0.1) is 0 Å². The van der Waals surface area contributed by atoms with Crippen LogP contribution in [0, 0.1) is 0 Å². The summed E-state index contributed by atoms with van der Waals surface area (Å²) < 4.78 is 0. The van der Waals surface area contributed by atoms with Gasteiger partial charge in [-0.05, 0) is 25.7 Å². The standard InChI is InChI=1S/C9H16N2O/c1-7(12)10-6-9-4-2-8(11-9)3-5-9/h8,11H,2-6H2,1H3,(H,10,12). The summed E-state index contributed by atoms with van der Waals surface area (Å²) in [5.41, 5.74) is 0.260. The summed E-state index contributed by atoms with van der Waals surface area (Å²) >= 11 is 0. The van der Waals surface area contributed by atoms with Gasteiger partial charge in [0.25, 0.3) is 0 Å². The molecule has 0 aliphatic carbocycles. The van der Waals surface area contributed by atoms with Gasteiger partial charge in [-0.2, -0.15) is 0 Å². The first-order chi connectivity index (χ1) is 5.70. The van der Waals surface area contributed by atoms with Crippen molar-refractivity contribution in [3.8, 4) is 0 Å². The highest BCUT2D eigenvalue weighted by Crippen LogP contribution is 2.36. The highest BCUT2D eigenvalue weighted by Gasteiger charge is 2.43. The van der Waals surface area contributed by atoms with E-state index in [1.54, 1.807) is 6.92 Å². The monoisotopic (exact) mass is 168 g/mol. The van der Waals surface area contributed by atoms with Gasteiger partial charge in [0.15, 0.2) is 0 Å². The lowest BCUT2D eigenvalue weighted by atomic mass is 9.88. The molecule has 0 radical (unpaired) electrons. The molecule has 2 rings (SSSR count). The maximum absolute atomic E-state index is 10.7. The lowest BCUT2D eigenvalue weighted by Gasteiger charge is -2.25. The predicted molar refractivity (Wildman–Crippen MR) is 46.8 cm³/mol. The number of rotatable bonds is 2. The van der Waals surface area contributed by atoms with Gasteiger partial charge in [0.2, 0.25) is 5.91 Å². The van der Waals surface area contributed by atoms with Crippen LogP contribution in [0.1, 0.15) is 32.6 Å². The molecule has 2 bridgehead atoms. The summed E-state index contributed by atoms with van der Waals surface area (Å²) in [6.07, 6.45) is 5.05. The molecule has 0 aromatic rings. The highest BCUT2D eigenvalue weighted by atomic mass is 16.1. The van der Waals surface area contributed by atoms with Crippen LogP contribution < -0.4 is 10.6 Å². The van der Waals surface area contributed by atoms with Gasteiger partial charge in [-0.3, -0.25) is 4.79 Å². The zero-order valence-corrected chi connectivity index (χ0v) is 7.52. The molecule has 12 heavy (non-hydrogen) atoms. The summed E-state index contributed by atoms with van der Waals surface area (Å²) in [6, 6.07) is 0.735. The van der Waals surface area contributed by atoms with Crippen LogP contribution >= 0.6 is 0 Å². The zero-order chi connectivity index (χ0) is 8.60. The molecular formula is C9H16N2O. The molecule has 0 aromatic heterocycles. The average molecular weight is 168 g/mol. The first-order valence-electron chi connectivity index (χ1n) is 4.72. The van der Waals surface area contributed by atoms with Gasteiger partial charge in [-0.25, -0.2) is 0 Å². The molecule has 2 aliphatic rings. The quantitative estimate of drug-likeness (QED) is 0.627. The molecule has 2 fully saturated rings. The molecule has 3 nitrogen and oxygen atoms in total. The van der Waals surface area contributed by atoms with Crippen LogP contribution in [-0.2, 0) is 4.79 Å². The molecule has 2 heterocycles. The number of carbonyl (C=O) groups excluding carboxylic acids is 1. The Balaban J connectivity index is 1.90. The fourth-order valence-corrected chi connectivity index (χ4v) is 2.41. The van der Waals surface area contributed by atoms with Gasteiger partial charge in [-0.15, -0.1) is 0 Å². The van der Waals surface area contributed by atoms with Gasteiger partial charge >= 0.3 is 0 Å². The highest BCUT2D eigenvalue weighted by molar-refractivity contribution is 5.72.